The van der Waals surface area contributed by atoms with E-state index < -0.39 is 11.5 Å². The Balaban J connectivity index is 2.39. The summed E-state index contributed by atoms with van der Waals surface area (Å²) in [5, 5.41) is 12.8. The molecular formula is C11H12ClNO2. The molecule has 0 bridgehead atoms. The molecule has 0 radical (unpaired) electrons. The van der Waals surface area contributed by atoms with E-state index in [1.165, 1.54) is 0 Å². The van der Waals surface area contributed by atoms with Gasteiger partial charge in [0.1, 0.15) is 5.54 Å². The zero-order chi connectivity index (χ0) is 11.1. The SMILES string of the molecule is CNC1(C(=O)O)Cc2ccc(Cl)cc2C1. The number of halogens is 1. The number of hydrogen-bond donors (Lipinski definition) is 2. The first-order valence-corrected chi connectivity index (χ1v) is 5.15. The first-order valence-electron chi connectivity index (χ1n) is 4.77. The van der Waals surface area contributed by atoms with Crippen molar-refractivity contribution in [2.75, 3.05) is 7.05 Å². The minimum atomic E-state index is -0.854. The van der Waals surface area contributed by atoms with Crippen LogP contribution in [0.25, 0.3) is 0 Å². The average Bonchev–Trinajstić information content (AvgIpc) is 2.56. The lowest BCUT2D eigenvalue weighted by atomic mass is 9.96. The smallest absolute Gasteiger partial charge is 0.324 e. The van der Waals surface area contributed by atoms with Gasteiger partial charge in [-0.05, 0) is 30.3 Å². The normalized spacial score (nSPS) is 23.9. The summed E-state index contributed by atoms with van der Waals surface area (Å²) in [7, 11) is 1.68. The average molecular weight is 226 g/mol. The third-order valence-electron chi connectivity index (χ3n) is 3.04. The van der Waals surface area contributed by atoms with Gasteiger partial charge in [0.15, 0.2) is 0 Å². The molecule has 0 aliphatic heterocycles. The third-order valence-corrected chi connectivity index (χ3v) is 3.28. The van der Waals surface area contributed by atoms with Crippen molar-refractivity contribution >= 4 is 17.6 Å². The quantitative estimate of drug-likeness (QED) is 0.802. The van der Waals surface area contributed by atoms with E-state index in [9.17, 15) is 9.90 Å². The maximum absolute atomic E-state index is 11.2. The lowest BCUT2D eigenvalue weighted by molar-refractivity contribution is -0.144. The molecule has 1 atom stereocenters. The molecule has 15 heavy (non-hydrogen) atoms. The van der Waals surface area contributed by atoms with Gasteiger partial charge in [-0.2, -0.15) is 0 Å². The monoisotopic (exact) mass is 225 g/mol. The van der Waals surface area contributed by atoms with Gasteiger partial charge < -0.3 is 10.4 Å². The summed E-state index contributed by atoms with van der Waals surface area (Å²) in [4.78, 5) is 11.2. The second-order valence-electron chi connectivity index (χ2n) is 3.90. The molecule has 0 aromatic heterocycles. The number of carboxylic acids is 1. The van der Waals surface area contributed by atoms with Gasteiger partial charge in [0.2, 0.25) is 0 Å². The molecule has 1 aliphatic rings. The highest BCUT2D eigenvalue weighted by Gasteiger charge is 2.42. The van der Waals surface area contributed by atoms with Gasteiger partial charge in [0.05, 0.1) is 0 Å². The molecule has 80 valence electrons. The number of carbonyl (C=O) groups is 1. The van der Waals surface area contributed by atoms with Crippen LogP contribution >= 0.6 is 11.6 Å². The third kappa shape index (κ3) is 1.62. The molecule has 2 N–H and O–H groups in total. The van der Waals surface area contributed by atoms with E-state index in [1.807, 2.05) is 12.1 Å². The lowest BCUT2D eigenvalue weighted by Gasteiger charge is -2.22. The van der Waals surface area contributed by atoms with Crippen LogP contribution in [0.1, 0.15) is 11.1 Å². The fraction of sp³-hybridized carbons (Fsp3) is 0.364. The molecule has 2 rings (SSSR count). The number of carboxylic acid groups (broad SMARTS) is 1. The predicted octanol–water partition coefficient (Wildman–Crippen LogP) is 1.48. The minimum Gasteiger partial charge on any atom is -0.480 e. The van der Waals surface area contributed by atoms with Crippen LogP contribution in [0.5, 0.6) is 0 Å². The largest absolute Gasteiger partial charge is 0.480 e. The topological polar surface area (TPSA) is 49.3 Å². The van der Waals surface area contributed by atoms with Gasteiger partial charge in [-0.1, -0.05) is 17.7 Å². The van der Waals surface area contributed by atoms with Gasteiger partial charge in [-0.15, -0.1) is 0 Å². The number of benzene rings is 1. The van der Waals surface area contributed by atoms with Crippen molar-refractivity contribution in [1.82, 2.24) is 5.32 Å². The molecule has 0 saturated heterocycles. The fourth-order valence-electron chi connectivity index (χ4n) is 2.08. The maximum atomic E-state index is 11.2. The number of hydrogen-bond acceptors (Lipinski definition) is 2. The Hall–Kier alpha value is -1.06. The maximum Gasteiger partial charge on any atom is 0.324 e. The van der Waals surface area contributed by atoms with Crippen LogP contribution in [0, 0.1) is 0 Å². The van der Waals surface area contributed by atoms with Crippen molar-refractivity contribution in [1.29, 1.82) is 0 Å². The Morgan fingerprint density at radius 3 is 2.73 bits per heavy atom. The predicted molar refractivity (Wildman–Crippen MR) is 58.3 cm³/mol. The van der Waals surface area contributed by atoms with E-state index >= 15 is 0 Å². The van der Waals surface area contributed by atoms with Crippen LogP contribution in [0.4, 0.5) is 0 Å². The zero-order valence-corrected chi connectivity index (χ0v) is 9.14. The van der Waals surface area contributed by atoms with Gasteiger partial charge in [0, 0.05) is 17.9 Å². The molecular weight excluding hydrogens is 214 g/mol. The van der Waals surface area contributed by atoms with Crippen LogP contribution in [0.2, 0.25) is 5.02 Å². The van der Waals surface area contributed by atoms with Crippen molar-refractivity contribution in [3.63, 3.8) is 0 Å². The molecule has 0 amide bonds. The van der Waals surface area contributed by atoms with Gasteiger partial charge in [-0.25, -0.2) is 0 Å². The molecule has 1 aromatic rings. The summed E-state index contributed by atoms with van der Waals surface area (Å²) in [6, 6.07) is 5.55. The molecule has 4 heteroatoms. The summed E-state index contributed by atoms with van der Waals surface area (Å²) in [5.41, 5.74) is 1.24. The number of likely N-dealkylation sites (N-methyl/N-ethyl adjacent to an activating group) is 1. The second kappa shape index (κ2) is 3.51. The van der Waals surface area contributed by atoms with Crippen molar-refractivity contribution in [3.8, 4) is 0 Å². The standard InChI is InChI=1S/C11H12ClNO2/c1-13-11(10(14)15)5-7-2-3-9(12)4-8(7)6-11/h2-4,13H,5-6H2,1H3,(H,14,15). The Morgan fingerprint density at radius 1 is 1.47 bits per heavy atom. The van der Waals surface area contributed by atoms with Crippen LogP contribution in [0.15, 0.2) is 18.2 Å². The summed E-state index contributed by atoms with van der Waals surface area (Å²) in [6.45, 7) is 0. The van der Waals surface area contributed by atoms with Crippen LogP contribution in [-0.4, -0.2) is 23.7 Å². The lowest BCUT2D eigenvalue weighted by Crippen LogP contribution is -2.51. The van der Waals surface area contributed by atoms with Crippen molar-refractivity contribution < 1.29 is 9.90 Å². The molecule has 0 spiro atoms. The minimum absolute atomic E-state index is 0.495. The van der Waals surface area contributed by atoms with Crippen molar-refractivity contribution in [2.45, 2.75) is 18.4 Å². The Kier molecular flexibility index (Phi) is 2.44. The van der Waals surface area contributed by atoms with E-state index in [4.69, 9.17) is 11.6 Å². The second-order valence-corrected chi connectivity index (χ2v) is 4.34. The molecule has 1 aromatic carbocycles. The summed E-state index contributed by atoms with van der Waals surface area (Å²) in [5.74, 6) is -0.808. The molecule has 0 fully saturated rings. The highest BCUT2D eigenvalue weighted by Crippen LogP contribution is 2.31. The fourth-order valence-corrected chi connectivity index (χ4v) is 2.27. The summed E-state index contributed by atoms with van der Waals surface area (Å²) in [6.07, 6.45) is 1.01. The van der Waals surface area contributed by atoms with Gasteiger partial charge in [-0.3, -0.25) is 4.79 Å². The molecule has 1 aliphatic carbocycles. The number of nitrogens with one attached hydrogen (secondary N) is 1. The summed E-state index contributed by atoms with van der Waals surface area (Å²) < 4.78 is 0. The van der Waals surface area contributed by atoms with E-state index in [2.05, 4.69) is 5.32 Å². The zero-order valence-electron chi connectivity index (χ0n) is 8.38. The van der Waals surface area contributed by atoms with Crippen LogP contribution < -0.4 is 5.32 Å². The van der Waals surface area contributed by atoms with Crippen molar-refractivity contribution in [3.05, 3.63) is 34.3 Å². The van der Waals surface area contributed by atoms with E-state index in [0.717, 1.165) is 11.1 Å². The Bertz CT molecular complexity index is 419. The summed E-state index contributed by atoms with van der Waals surface area (Å²) >= 11 is 5.87. The highest BCUT2D eigenvalue weighted by atomic mass is 35.5. The molecule has 3 nitrogen and oxygen atoms in total. The molecule has 1 unspecified atom stereocenters. The first-order chi connectivity index (χ1) is 7.07. The van der Waals surface area contributed by atoms with E-state index in [-0.39, 0.29) is 0 Å². The number of rotatable bonds is 2. The van der Waals surface area contributed by atoms with Crippen molar-refractivity contribution in [2.24, 2.45) is 0 Å². The van der Waals surface area contributed by atoms with Crippen LogP contribution in [0.3, 0.4) is 0 Å². The van der Waals surface area contributed by atoms with Crippen LogP contribution in [-0.2, 0) is 17.6 Å². The van der Waals surface area contributed by atoms with Gasteiger partial charge >= 0.3 is 5.97 Å². The Labute approximate surface area is 93.1 Å². The molecule has 0 saturated carbocycles. The highest BCUT2D eigenvalue weighted by molar-refractivity contribution is 6.30. The number of fused-ring (bicyclic) bond motifs is 1. The molecule has 0 heterocycles. The van der Waals surface area contributed by atoms with Gasteiger partial charge in [0.25, 0.3) is 0 Å². The van der Waals surface area contributed by atoms with E-state index in [0.29, 0.717) is 17.9 Å². The van der Waals surface area contributed by atoms with E-state index in [1.54, 1.807) is 13.1 Å². The number of aliphatic carboxylic acids is 1. The first kappa shape index (κ1) is 10.5. The Morgan fingerprint density at radius 2 is 2.13 bits per heavy atom.